The second kappa shape index (κ2) is 37.8. The lowest BCUT2D eigenvalue weighted by Crippen LogP contribution is -2.50. The Morgan fingerprint density at radius 3 is 1.99 bits per heavy atom. The summed E-state index contributed by atoms with van der Waals surface area (Å²) in [5, 5.41) is 3.31. The average Bonchev–Trinajstić information content (AvgIpc) is 3.91. The highest BCUT2D eigenvalue weighted by Crippen LogP contribution is 2.52. The minimum atomic E-state index is -0.434. The van der Waals surface area contributed by atoms with Crippen molar-refractivity contribution >= 4 is 29.7 Å². The fraction of sp³-hybridized carbons (Fsp3) is 0.677. The molecule has 6 nitrogen and oxygen atoms in total. The van der Waals surface area contributed by atoms with E-state index in [1.165, 1.54) is 56.6 Å². The van der Waals surface area contributed by atoms with Gasteiger partial charge in [0.1, 0.15) is 12.1 Å². The second-order valence-electron chi connectivity index (χ2n) is 21.9. The minimum Gasteiger partial charge on any atom is -0.379 e. The van der Waals surface area contributed by atoms with Crippen LogP contribution in [0.3, 0.4) is 0 Å². The van der Waals surface area contributed by atoms with Crippen LogP contribution in [0.1, 0.15) is 252 Å². The number of nitrogens with zero attached hydrogens (tertiary/aromatic N) is 2. The Morgan fingerprint density at radius 2 is 1.57 bits per heavy atom. The van der Waals surface area contributed by atoms with Crippen LogP contribution in [-0.2, 0) is 19.7 Å². The number of anilines is 1. The number of amides is 1. The van der Waals surface area contributed by atoms with Gasteiger partial charge in [0.15, 0.2) is 0 Å². The van der Waals surface area contributed by atoms with Crippen LogP contribution in [0, 0.1) is 23.2 Å². The maximum Gasteiger partial charge on any atom is 0.237 e. The van der Waals surface area contributed by atoms with Crippen molar-refractivity contribution in [3.05, 3.63) is 94.3 Å². The molecule has 0 aromatic heterocycles. The summed E-state index contributed by atoms with van der Waals surface area (Å²) in [6, 6.07) is 7.02. The molecule has 7 heteroatoms. The number of allylic oxidation sites excluding steroid dienone is 10. The summed E-state index contributed by atoms with van der Waals surface area (Å²) in [5.41, 5.74) is 7.66. The Bertz CT molecular complexity index is 1890. The molecule has 0 bridgehead atoms. The molecule has 1 unspecified atom stereocenters. The van der Waals surface area contributed by atoms with E-state index in [1.807, 2.05) is 59.9 Å². The van der Waals surface area contributed by atoms with Crippen LogP contribution in [0.2, 0.25) is 0 Å². The molecular formula is C65H110FN3O3. The first-order chi connectivity index (χ1) is 34.2. The molecule has 0 spiro atoms. The van der Waals surface area contributed by atoms with E-state index in [1.54, 1.807) is 6.08 Å². The number of aldehydes is 1. The Balaban J connectivity index is 0.00000171. The smallest absolute Gasteiger partial charge is 0.237 e. The van der Waals surface area contributed by atoms with Crippen molar-refractivity contribution in [2.24, 2.45) is 28.2 Å². The number of hydrogen-bond donors (Lipinski definition) is 1. The zero-order valence-electron chi connectivity index (χ0n) is 50.0. The highest BCUT2D eigenvalue weighted by atomic mass is 19.1. The molecule has 1 saturated carbocycles. The molecule has 0 radical (unpaired) electrons. The molecule has 72 heavy (non-hydrogen) atoms. The first-order valence-corrected chi connectivity index (χ1v) is 28.8. The molecule has 1 aromatic rings. The minimum absolute atomic E-state index is 0.255. The van der Waals surface area contributed by atoms with Crippen molar-refractivity contribution in [3.63, 3.8) is 0 Å². The van der Waals surface area contributed by atoms with Gasteiger partial charge in [-0.3, -0.25) is 9.79 Å². The number of aliphatic imine (C=N–C) groups is 1. The lowest BCUT2D eigenvalue weighted by atomic mass is 9.73. The van der Waals surface area contributed by atoms with Crippen LogP contribution in [0.15, 0.2) is 88.1 Å². The maximum absolute atomic E-state index is 15.0. The van der Waals surface area contributed by atoms with Gasteiger partial charge in [0, 0.05) is 36.2 Å². The van der Waals surface area contributed by atoms with Crippen LogP contribution in [-0.4, -0.2) is 37.2 Å². The fourth-order valence-electron chi connectivity index (χ4n) is 9.04. The summed E-state index contributed by atoms with van der Waals surface area (Å²) < 4.78 is 20.2. The van der Waals surface area contributed by atoms with E-state index in [9.17, 15) is 9.59 Å². The number of carbonyl (C=O) groups is 2. The normalized spacial score (nSPS) is 19.8. The Morgan fingerprint density at radius 1 is 0.931 bits per heavy atom. The van der Waals surface area contributed by atoms with Gasteiger partial charge in [-0.05, 0) is 162 Å². The SMILES string of the molecule is CC(C)C.CCC(C)C=O.CCCC(C)(C)CC.C[C@H]1CCCO1.C\C=C/C(N/C(C)=C(C)/C(=C\C(=C\CC)c1ccc2c(c1)N(C1CC(CCC)C1)C(=O)C2(CCC)CCC)N=CCC)=C(F)\C=C\CC. The molecule has 1 amide bonds. The topological polar surface area (TPSA) is 71.0 Å². The van der Waals surface area contributed by atoms with E-state index in [0.717, 1.165) is 123 Å². The number of benzene rings is 1. The van der Waals surface area contributed by atoms with Crippen LogP contribution < -0.4 is 10.2 Å². The summed E-state index contributed by atoms with van der Waals surface area (Å²) in [6.45, 7) is 41.5. The lowest BCUT2D eigenvalue weighted by molar-refractivity contribution is -0.124. The standard InChI is InChI=1S/C43H62FN3O.C8H18.2C5H10O.C4H10/c1-10-17-21-38(44)39(20-13-4)46-32(9)31(8)40(45-26-16-7)29-34(19-12-3)35-22-23-37-41(30-35)47(36-27-33(28-36)18-11-2)42(48)43(37,24-14-5)25-15-6;1-5-7-8(3,4)6-2;1-5-3-2-4-6-5;1-3-5(2)4-6;1-4(2)3/h13,17,19-23,26,29-30,33,36,46H,10-12,14-16,18,24-25,27-28H2,1-9H3;5-7H2,1-4H3;5H,2-4H2,1H3;4-5H,3H2,1-2H3;4H,1-3H3/b20-13-,21-17+,32-31+,34-19-,39-38-,40-29+,45-26?;;;;/t;;5-;;/m..0../s1. The van der Waals surface area contributed by atoms with Crippen molar-refractivity contribution in [2.45, 2.75) is 258 Å². The van der Waals surface area contributed by atoms with Crippen LogP contribution in [0.25, 0.3) is 5.57 Å². The van der Waals surface area contributed by atoms with Crippen molar-refractivity contribution in [1.29, 1.82) is 0 Å². The Labute approximate surface area is 444 Å². The molecule has 2 heterocycles. The number of ether oxygens (including phenoxy) is 1. The van der Waals surface area contributed by atoms with Crippen LogP contribution in [0.4, 0.5) is 10.1 Å². The molecule has 1 N–H and O–H groups in total. The second-order valence-corrected chi connectivity index (χ2v) is 21.9. The summed E-state index contributed by atoms with van der Waals surface area (Å²) >= 11 is 0. The number of fused-ring (bicyclic) bond motifs is 1. The summed E-state index contributed by atoms with van der Waals surface area (Å²) in [4.78, 5) is 31.3. The van der Waals surface area contributed by atoms with Crippen molar-refractivity contribution in [2.75, 3.05) is 11.5 Å². The number of halogens is 1. The van der Waals surface area contributed by atoms with Gasteiger partial charge in [0.25, 0.3) is 0 Å². The van der Waals surface area contributed by atoms with E-state index in [0.29, 0.717) is 23.1 Å². The van der Waals surface area contributed by atoms with Gasteiger partial charge in [-0.25, -0.2) is 4.39 Å². The zero-order valence-corrected chi connectivity index (χ0v) is 50.0. The molecule has 1 aliphatic carbocycles. The predicted octanol–water partition coefficient (Wildman–Crippen LogP) is 19.5. The van der Waals surface area contributed by atoms with Gasteiger partial charge in [0.05, 0.1) is 22.9 Å². The molecular weight excluding hydrogens is 890 g/mol. The monoisotopic (exact) mass is 1000 g/mol. The predicted molar refractivity (Wildman–Crippen MR) is 316 cm³/mol. The molecule has 2 fully saturated rings. The molecule has 4 rings (SSSR count). The number of hydrogen-bond acceptors (Lipinski definition) is 5. The van der Waals surface area contributed by atoms with Crippen LogP contribution >= 0.6 is 0 Å². The third-order valence-corrected chi connectivity index (χ3v) is 13.8. The van der Waals surface area contributed by atoms with E-state index >= 15 is 4.39 Å². The number of nitrogens with one attached hydrogen (secondary N) is 1. The average molecular weight is 1000 g/mol. The molecule has 1 saturated heterocycles. The zero-order chi connectivity index (χ0) is 54.9. The van der Waals surface area contributed by atoms with E-state index in [2.05, 4.69) is 131 Å². The van der Waals surface area contributed by atoms with Gasteiger partial charge in [-0.15, -0.1) is 0 Å². The van der Waals surface area contributed by atoms with Crippen molar-refractivity contribution in [3.8, 4) is 0 Å². The Kier molecular flexibility index (Phi) is 35.8. The summed E-state index contributed by atoms with van der Waals surface area (Å²) in [7, 11) is 0. The lowest BCUT2D eigenvalue weighted by Gasteiger charge is -2.42. The van der Waals surface area contributed by atoms with Gasteiger partial charge in [0.2, 0.25) is 5.91 Å². The van der Waals surface area contributed by atoms with Gasteiger partial charge in [-0.2, -0.15) is 0 Å². The van der Waals surface area contributed by atoms with E-state index in [4.69, 9.17) is 9.73 Å². The highest BCUT2D eigenvalue weighted by molar-refractivity contribution is 6.09. The number of carbonyl (C=O) groups excluding carboxylic acids is 2. The molecule has 3 aliphatic rings. The van der Waals surface area contributed by atoms with Crippen molar-refractivity contribution < 1.29 is 18.7 Å². The van der Waals surface area contributed by atoms with E-state index in [-0.39, 0.29) is 17.8 Å². The number of rotatable bonds is 23. The third kappa shape index (κ3) is 24.0. The van der Waals surface area contributed by atoms with E-state index < -0.39 is 5.41 Å². The first kappa shape index (κ1) is 68.2. The molecule has 410 valence electrons. The fourth-order valence-corrected chi connectivity index (χ4v) is 9.04. The quantitative estimate of drug-likeness (QED) is 0.0674. The van der Waals surface area contributed by atoms with Crippen LogP contribution in [0.5, 0.6) is 0 Å². The molecule has 2 aliphatic heterocycles. The summed E-state index contributed by atoms with van der Waals surface area (Å²) in [6.07, 6.45) is 33.0. The summed E-state index contributed by atoms with van der Waals surface area (Å²) in [5.74, 6) is 1.82. The maximum atomic E-state index is 15.0. The van der Waals surface area contributed by atoms with Crippen molar-refractivity contribution in [1.82, 2.24) is 5.32 Å². The van der Waals surface area contributed by atoms with Gasteiger partial charge < -0.3 is 19.7 Å². The Hall–Kier alpha value is -3.84. The third-order valence-electron chi connectivity index (χ3n) is 13.8. The highest BCUT2D eigenvalue weighted by Gasteiger charge is 2.53. The molecule has 1 aromatic carbocycles. The largest absolute Gasteiger partial charge is 0.379 e. The molecule has 2 atom stereocenters. The van der Waals surface area contributed by atoms with Gasteiger partial charge >= 0.3 is 0 Å². The first-order valence-electron chi connectivity index (χ1n) is 28.8. The van der Waals surface area contributed by atoms with Gasteiger partial charge in [-0.1, -0.05) is 173 Å².